The smallest absolute Gasteiger partial charge is 0.234 e. The molecule has 1 saturated heterocycles. The van der Waals surface area contributed by atoms with Crippen molar-refractivity contribution in [2.45, 2.75) is 25.9 Å². The lowest BCUT2D eigenvalue weighted by Crippen LogP contribution is -2.37. The monoisotopic (exact) mass is 283 g/mol. The van der Waals surface area contributed by atoms with Gasteiger partial charge in [0.2, 0.25) is 5.91 Å². The molecule has 0 saturated carbocycles. The maximum absolute atomic E-state index is 11.8. The molecule has 2 rings (SSSR count). The Balaban J connectivity index is 0.00000180. The molecule has 5 heteroatoms. The molecule has 4 nitrogen and oxygen atoms in total. The highest BCUT2D eigenvalue weighted by atomic mass is 35.5. The van der Waals surface area contributed by atoms with E-state index in [1.54, 1.807) is 0 Å². The van der Waals surface area contributed by atoms with E-state index in [9.17, 15) is 4.79 Å². The van der Waals surface area contributed by atoms with Crippen molar-refractivity contribution >= 4 is 18.3 Å². The Morgan fingerprint density at radius 3 is 2.68 bits per heavy atom. The second kappa shape index (κ2) is 7.48. The van der Waals surface area contributed by atoms with E-state index in [-0.39, 0.29) is 24.4 Å². The third-order valence-corrected chi connectivity index (χ3v) is 3.29. The summed E-state index contributed by atoms with van der Waals surface area (Å²) in [5.41, 5.74) is 8.17. The molecule has 1 atom stereocenters. The van der Waals surface area contributed by atoms with Gasteiger partial charge in [0.25, 0.3) is 0 Å². The van der Waals surface area contributed by atoms with Crippen LogP contribution in [0.25, 0.3) is 0 Å². The van der Waals surface area contributed by atoms with Gasteiger partial charge < -0.3 is 11.1 Å². The van der Waals surface area contributed by atoms with Crippen molar-refractivity contribution in [2.75, 3.05) is 19.6 Å². The Bertz CT molecular complexity index is 408. The van der Waals surface area contributed by atoms with Gasteiger partial charge >= 0.3 is 0 Å². The third-order valence-electron chi connectivity index (χ3n) is 3.29. The molecule has 1 fully saturated rings. The zero-order valence-corrected chi connectivity index (χ0v) is 12.1. The fraction of sp³-hybridized carbons (Fsp3) is 0.500. The van der Waals surface area contributed by atoms with Gasteiger partial charge in [-0.25, -0.2) is 0 Å². The summed E-state index contributed by atoms with van der Waals surface area (Å²) >= 11 is 0. The molecule has 0 aliphatic carbocycles. The van der Waals surface area contributed by atoms with Gasteiger partial charge in [-0.1, -0.05) is 29.8 Å². The third kappa shape index (κ3) is 5.19. The fourth-order valence-electron chi connectivity index (χ4n) is 2.17. The zero-order chi connectivity index (χ0) is 13.0. The number of hydrogen-bond donors (Lipinski definition) is 2. The number of nitrogens with two attached hydrogens (primary N) is 1. The molecular weight excluding hydrogens is 262 g/mol. The van der Waals surface area contributed by atoms with E-state index < -0.39 is 0 Å². The van der Waals surface area contributed by atoms with Crippen molar-refractivity contribution in [1.29, 1.82) is 0 Å². The first-order valence-electron chi connectivity index (χ1n) is 6.43. The van der Waals surface area contributed by atoms with E-state index in [1.165, 1.54) is 5.56 Å². The molecule has 1 aliphatic rings. The number of nitrogens with zero attached hydrogens (tertiary/aromatic N) is 1. The molecule has 0 radical (unpaired) electrons. The number of benzene rings is 1. The van der Waals surface area contributed by atoms with Gasteiger partial charge in [-0.05, 0) is 18.9 Å². The molecule has 0 aromatic heterocycles. The second-order valence-corrected chi connectivity index (χ2v) is 5.05. The van der Waals surface area contributed by atoms with E-state index in [2.05, 4.69) is 29.3 Å². The molecule has 1 aromatic carbocycles. The van der Waals surface area contributed by atoms with Crippen LogP contribution >= 0.6 is 12.4 Å². The van der Waals surface area contributed by atoms with Crippen molar-refractivity contribution in [3.05, 3.63) is 35.4 Å². The second-order valence-electron chi connectivity index (χ2n) is 5.05. The Morgan fingerprint density at radius 1 is 1.42 bits per heavy atom. The number of aryl methyl sites for hydroxylation is 1. The van der Waals surface area contributed by atoms with Crippen LogP contribution in [0.5, 0.6) is 0 Å². The zero-order valence-electron chi connectivity index (χ0n) is 11.3. The maximum Gasteiger partial charge on any atom is 0.234 e. The quantitative estimate of drug-likeness (QED) is 0.869. The topological polar surface area (TPSA) is 58.4 Å². The van der Waals surface area contributed by atoms with Crippen LogP contribution in [0.3, 0.4) is 0 Å². The number of likely N-dealkylation sites (tertiary alicyclic amines) is 1. The summed E-state index contributed by atoms with van der Waals surface area (Å²) in [4.78, 5) is 13.9. The van der Waals surface area contributed by atoms with Gasteiger partial charge in [0.1, 0.15) is 0 Å². The molecule has 1 amide bonds. The van der Waals surface area contributed by atoms with E-state index in [0.29, 0.717) is 13.1 Å². The molecule has 3 N–H and O–H groups in total. The minimum Gasteiger partial charge on any atom is -0.351 e. The molecule has 106 valence electrons. The molecule has 19 heavy (non-hydrogen) atoms. The number of carbonyl (C=O) groups is 1. The lowest BCUT2D eigenvalue weighted by molar-refractivity contribution is -0.122. The van der Waals surface area contributed by atoms with Crippen LogP contribution in [-0.2, 0) is 11.3 Å². The van der Waals surface area contributed by atoms with Gasteiger partial charge in [-0.15, -0.1) is 12.4 Å². The van der Waals surface area contributed by atoms with Gasteiger partial charge in [0, 0.05) is 25.7 Å². The van der Waals surface area contributed by atoms with Crippen LogP contribution in [0.1, 0.15) is 17.5 Å². The molecule has 1 unspecified atom stereocenters. The standard InChI is InChI=1S/C14H21N3O.ClH/c1-11-2-4-12(5-3-11)8-16-14(18)10-17-7-6-13(15)9-17;/h2-5,13H,6-10,15H2,1H3,(H,16,18);1H. The Hall–Kier alpha value is -1.10. The number of halogens is 1. The Morgan fingerprint density at radius 2 is 2.11 bits per heavy atom. The number of nitrogens with one attached hydrogen (secondary N) is 1. The normalized spacial score (nSPS) is 18.9. The summed E-state index contributed by atoms with van der Waals surface area (Å²) in [6.45, 7) is 4.87. The van der Waals surface area contributed by atoms with Crippen LogP contribution in [0.2, 0.25) is 0 Å². The Labute approximate surface area is 120 Å². The van der Waals surface area contributed by atoms with Crippen LogP contribution in [0.4, 0.5) is 0 Å². The summed E-state index contributed by atoms with van der Waals surface area (Å²) in [5.74, 6) is 0.0738. The minimum absolute atomic E-state index is 0. The lowest BCUT2D eigenvalue weighted by Gasteiger charge is -2.14. The molecule has 1 aliphatic heterocycles. The van der Waals surface area contributed by atoms with Crippen molar-refractivity contribution < 1.29 is 4.79 Å². The number of carbonyl (C=O) groups excluding carboxylic acids is 1. The molecule has 0 spiro atoms. The van der Waals surface area contributed by atoms with Crippen LogP contribution in [-0.4, -0.2) is 36.5 Å². The van der Waals surface area contributed by atoms with Crippen molar-refractivity contribution in [3.63, 3.8) is 0 Å². The summed E-state index contributed by atoms with van der Waals surface area (Å²) in [5, 5.41) is 2.94. The van der Waals surface area contributed by atoms with Gasteiger partial charge in [0.15, 0.2) is 0 Å². The summed E-state index contributed by atoms with van der Waals surface area (Å²) in [7, 11) is 0. The molecule has 1 aromatic rings. The highest BCUT2D eigenvalue weighted by Crippen LogP contribution is 2.06. The summed E-state index contributed by atoms with van der Waals surface area (Å²) < 4.78 is 0. The van der Waals surface area contributed by atoms with E-state index >= 15 is 0 Å². The summed E-state index contributed by atoms with van der Waals surface area (Å²) in [6.07, 6.45) is 0.991. The number of hydrogen-bond acceptors (Lipinski definition) is 3. The van der Waals surface area contributed by atoms with Crippen molar-refractivity contribution in [1.82, 2.24) is 10.2 Å². The summed E-state index contributed by atoms with van der Waals surface area (Å²) in [6, 6.07) is 8.43. The predicted molar refractivity (Wildman–Crippen MR) is 79.3 cm³/mol. The van der Waals surface area contributed by atoms with Crippen molar-refractivity contribution in [2.24, 2.45) is 5.73 Å². The SMILES string of the molecule is Cc1ccc(CNC(=O)CN2CCC(N)C2)cc1.Cl. The van der Waals surface area contributed by atoms with E-state index in [0.717, 1.165) is 25.1 Å². The molecule has 1 heterocycles. The maximum atomic E-state index is 11.8. The first kappa shape index (κ1) is 16.0. The van der Waals surface area contributed by atoms with E-state index in [1.807, 2.05) is 12.1 Å². The Kier molecular flexibility index (Phi) is 6.28. The van der Waals surface area contributed by atoms with Crippen LogP contribution in [0, 0.1) is 6.92 Å². The van der Waals surface area contributed by atoms with Gasteiger partial charge in [0.05, 0.1) is 6.54 Å². The average Bonchev–Trinajstić information content (AvgIpc) is 2.74. The van der Waals surface area contributed by atoms with Crippen LogP contribution in [0.15, 0.2) is 24.3 Å². The highest BCUT2D eigenvalue weighted by Gasteiger charge is 2.20. The fourth-order valence-corrected chi connectivity index (χ4v) is 2.17. The van der Waals surface area contributed by atoms with Crippen molar-refractivity contribution in [3.8, 4) is 0 Å². The highest BCUT2D eigenvalue weighted by molar-refractivity contribution is 5.85. The molecule has 0 bridgehead atoms. The number of amides is 1. The van der Waals surface area contributed by atoms with Crippen LogP contribution < -0.4 is 11.1 Å². The first-order valence-corrected chi connectivity index (χ1v) is 6.43. The lowest BCUT2D eigenvalue weighted by atomic mass is 10.1. The van der Waals surface area contributed by atoms with Gasteiger partial charge in [-0.3, -0.25) is 9.69 Å². The minimum atomic E-state index is 0. The first-order chi connectivity index (χ1) is 8.63. The molecular formula is C14H22ClN3O. The largest absolute Gasteiger partial charge is 0.351 e. The predicted octanol–water partition coefficient (Wildman–Crippen LogP) is 1.07. The van der Waals surface area contributed by atoms with E-state index in [4.69, 9.17) is 5.73 Å². The van der Waals surface area contributed by atoms with Gasteiger partial charge in [-0.2, -0.15) is 0 Å². The average molecular weight is 284 g/mol. The number of rotatable bonds is 4.